The highest BCUT2D eigenvalue weighted by Gasteiger charge is 2.40. The van der Waals surface area contributed by atoms with E-state index in [0.717, 1.165) is 13.2 Å². The molecule has 0 saturated carbocycles. The Morgan fingerprint density at radius 2 is 1.87 bits per heavy atom. The summed E-state index contributed by atoms with van der Waals surface area (Å²) in [6, 6.07) is 3.62. The standard InChI is InChI=1S/C15H16F4O4/c1-4-23-14(20)11(13(22-3)15(17,18)19)7-9-5-6-10(21-2)8-12(9)16/h5-6,8H,4,7H2,1-3H3/b13-11-. The molecule has 0 aromatic heterocycles. The average molecular weight is 336 g/mol. The molecule has 0 spiro atoms. The molecule has 23 heavy (non-hydrogen) atoms. The van der Waals surface area contributed by atoms with Crippen molar-refractivity contribution < 1.29 is 36.6 Å². The molecule has 1 rings (SSSR count). The number of carbonyl (C=O) groups is 1. The van der Waals surface area contributed by atoms with Crippen molar-refractivity contribution in [1.82, 2.24) is 0 Å². The smallest absolute Gasteiger partial charge is 0.449 e. The molecule has 0 radical (unpaired) electrons. The molecule has 0 N–H and O–H groups in total. The highest BCUT2D eigenvalue weighted by molar-refractivity contribution is 5.89. The van der Waals surface area contributed by atoms with Gasteiger partial charge < -0.3 is 14.2 Å². The summed E-state index contributed by atoms with van der Waals surface area (Å²) in [6.07, 6.45) is -5.53. The molecular weight excluding hydrogens is 320 g/mol. The third kappa shape index (κ3) is 4.87. The minimum absolute atomic E-state index is 0.118. The summed E-state index contributed by atoms with van der Waals surface area (Å²) in [5.74, 6) is -3.32. The third-order valence-corrected chi connectivity index (χ3v) is 2.88. The first kappa shape index (κ1) is 18.8. The SMILES string of the molecule is CCOC(=O)/C(Cc1ccc(OC)cc1F)=C(\OC)C(F)(F)F. The van der Waals surface area contributed by atoms with Crippen molar-refractivity contribution in [3.8, 4) is 5.75 Å². The number of benzene rings is 1. The largest absolute Gasteiger partial charge is 0.497 e. The normalized spacial score (nSPS) is 12.5. The summed E-state index contributed by atoms with van der Waals surface area (Å²) in [7, 11) is 2.11. The molecule has 0 aliphatic carbocycles. The van der Waals surface area contributed by atoms with Crippen LogP contribution in [0.1, 0.15) is 12.5 Å². The predicted molar refractivity (Wildman–Crippen MR) is 73.4 cm³/mol. The van der Waals surface area contributed by atoms with Crippen molar-refractivity contribution in [1.29, 1.82) is 0 Å². The highest BCUT2D eigenvalue weighted by Crippen LogP contribution is 2.31. The van der Waals surface area contributed by atoms with E-state index in [-0.39, 0.29) is 17.9 Å². The number of esters is 1. The molecule has 0 unspecified atom stereocenters. The Kier molecular flexibility index (Phi) is 6.41. The zero-order chi connectivity index (χ0) is 17.6. The van der Waals surface area contributed by atoms with Crippen molar-refractivity contribution in [2.45, 2.75) is 19.5 Å². The minimum Gasteiger partial charge on any atom is -0.497 e. The Balaban J connectivity index is 3.31. The van der Waals surface area contributed by atoms with Crippen molar-refractivity contribution in [3.05, 3.63) is 40.9 Å². The lowest BCUT2D eigenvalue weighted by atomic mass is 10.0. The van der Waals surface area contributed by atoms with E-state index in [0.29, 0.717) is 0 Å². The minimum atomic E-state index is -4.90. The second kappa shape index (κ2) is 7.85. The molecule has 1 aromatic carbocycles. The van der Waals surface area contributed by atoms with Crippen molar-refractivity contribution >= 4 is 5.97 Å². The number of allylic oxidation sites excluding steroid dienone is 1. The molecule has 0 aliphatic heterocycles. The topological polar surface area (TPSA) is 44.8 Å². The van der Waals surface area contributed by atoms with Crippen LogP contribution in [0.3, 0.4) is 0 Å². The maximum atomic E-state index is 13.9. The zero-order valence-electron chi connectivity index (χ0n) is 12.8. The van der Waals surface area contributed by atoms with Gasteiger partial charge in [0.05, 0.1) is 26.4 Å². The lowest BCUT2D eigenvalue weighted by Crippen LogP contribution is -2.22. The lowest BCUT2D eigenvalue weighted by Gasteiger charge is -2.16. The molecule has 0 fully saturated rings. The van der Waals surface area contributed by atoms with E-state index in [2.05, 4.69) is 9.47 Å². The van der Waals surface area contributed by atoms with Crippen LogP contribution in [0.15, 0.2) is 29.5 Å². The number of halogens is 4. The number of methoxy groups -OCH3 is 2. The summed E-state index contributed by atoms with van der Waals surface area (Å²) < 4.78 is 66.6. The first-order valence-corrected chi connectivity index (χ1v) is 6.58. The first-order valence-electron chi connectivity index (χ1n) is 6.58. The molecule has 8 heteroatoms. The first-order chi connectivity index (χ1) is 10.7. The molecule has 0 heterocycles. The molecule has 0 aliphatic rings. The van der Waals surface area contributed by atoms with Crippen molar-refractivity contribution in [3.63, 3.8) is 0 Å². The van der Waals surface area contributed by atoms with Gasteiger partial charge in [0.15, 0.2) is 0 Å². The van der Waals surface area contributed by atoms with Crippen LogP contribution in [-0.4, -0.2) is 33.0 Å². The van der Waals surface area contributed by atoms with Gasteiger partial charge in [0.25, 0.3) is 0 Å². The van der Waals surface area contributed by atoms with Gasteiger partial charge in [-0.3, -0.25) is 0 Å². The maximum absolute atomic E-state index is 13.9. The Hall–Kier alpha value is -2.25. The molecule has 4 nitrogen and oxygen atoms in total. The van der Waals surface area contributed by atoms with Crippen LogP contribution >= 0.6 is 0 Å². The van der Waals surface area contributed by atoms with Gasteiger partial charge in [-0.25, -0.2) is 9.18 Å². The summed E-state index contributed by atoms with van der Waals surface area (Å²) in [6.45, 7) is 1.33. The van der Waals surface area contributed by atoms with Crippen LogP contribution in [0.5, 0.6) is 5.75 Å². The van der Waals surface area contributed by atoms with Crippen molar-refractivity contribution in [2.24, 2.45) is 0 Å². The van der Waals surface area contributed by atoms with Gasteiger partial charge in [0, 0.05) is 12.5 Å². The molecule has 0 saturated heterocycles. The molecule has 0 amide bonds. The van der Waals surface area contributed by atoms with Crippen LogP contribution in [0.4, 0.5) is 17.6 Å². The molecular formula is C15H16F4O4. The van der Waals surface area contributed by atoms with E-state index < -0.39 is 35.7 Å². The number of hydrogen-bond donors (Lipinski definition) is 0. The van der Waals surface area contributed by atoms with Gasteiger partial charge in [0.2, 0.25) is 5.76 Å². The van der Waals surface area contributed by atoms with E-state index in [1.165, 1.54) is 26.2 Å². The Labute approximate surface area is 130 Å². The molecule has 0 atom stereocenters. The fraction of sp³-hybridized carbons (Fsp3) is 0.400. The number of hydrogen-bond acceptors (Lipinski definition) is 4. The Morgan fingerprint density at radius 3 is 2.30 bits per heavy atom. The summed E-state index contributed by atoms with van der Waals surface area (Å²) in [4.78, 5) is 11.8. The lowest BCUT2D eigenvalue weighted by molar-refractivity contribution is -0.144. The Morgan fingerprint density at radius 1 is 1.22 bits per heavy atom. The summed E-state index contributed by atoms with van der Waals surface area (Å²) >= 11 is 0. The second-order valence-corrected chi connectivity index (χ2v) is 4.36. The fourth-order valence-electron chi connectivity index (χ4n) is 1.86. The van der Waals surface area contributed by atoms with Crippen LogP contribution in [0.25, 0.3) is 0 Å². The van der Waals surface area contributed by atoms with E-state index in [9.17, 15) is 22.4 Å². The summed E-state index contributed by atoms with van der Waals surface area (Å²) in [5.41, 5.74) is -0.918. The predicted octanol–water partition coefficient (Wildman–Crippen LogP) is 3.40. The van der Waals surface area contributed by atoms with E-state index in [4.69, 9.17) is 4.74 Å². The number of rotatable bonds is 6. The molecule has 128 valence electrons. The number of alkyl halides is 3. The maximum Gasteiger partial charge on any atom is 0.449 e. The van der Waals surface area contributed by atoms with Gasteiger partial charge in [-0.2, -0.15) is 13.2 Å². The number of ether oxygens (including phenoxy) is 3. The molecule has 1 aromatic rings. The quantitative estimate of drug-likeness (QED) is 0.346. The van der Waals surface area contributed by atoms with Gasteiger partial charge in [-0.05, 0) is 18.6 Å². The van der Waals surface area contributed by atoms with Crippen LogP contribution < -0.4 is 4.74 Å². The zero-order valence-corrected chi connectivity index (χ0v) is 12.8. The fourth-order valence-corrected chi connectivity index (χ4v) is 1.86. The average Bonchev–Trinajstić information content (AvgIpc) is 2.47. The van der Waals surface area contributed by atoms with Crippen LogP contribution in [0.2, 0.25) is 0 Å². The van der Waals surface area contributed by atoms with Gasteiger partial charge >= 0.3 is 12.1 Å². The van der Waals surface area contributed by atoms with Crippen molar-refractivity contribution in [2.75, 3.05) is 20.8 Å². The Bertz CT molecular complexity index is 594. The third-order valence-electron chi connectivity index (χ3n) is 2.88. The highest BCUT2D eigenvalue weighted by atomic mass is 19.4. The van der Waals surface area contributed by atoms with E-state index >= 15 is 0 Å². The van der Waals surface area contributed by atoms with E-state index in [1.807, 2.05) is 0 Å². The van der Waals surface area contributed by atoms with Crippen LogP contribution in [0, 0.1) is 5.82 Å². The second-order valence-electron chi connectivity index (χ2n) is 4.36. The molecule has 0 bridgehead atoms. The number of carbonyl (C=O) groups excluding carboxylic acids is 1. The monoisotopic (exact) mass is 336 g/mol. The van der Waals surface area contributed by atoms with Gasteiger partial charge in [-0.1, -0.05) is 6.07 Å². The summed E-state index contributed by atoms with van der Waals surface area (Å²) in [5, 5.41) is 0. The van der Waals surface area contributed by atoms with E-state index in [1.54, 1.807) is 0 Å². The van der Waals surface area contributed by atoms with Gasteiger partial charge in [-0.15, -0.1) is 0 Å². The van der Waals surface area contributed by atoms with Gasteiger partial charge in [0.1, 0.15) is 11.6 Å². The van der Waals surface area contributed by atoms with Crippen LogP contribution in [-0.2, 0) is 20.7 Å².